The zero-order valence-electron chi connectivity index (χ0n) is 7.99. The van der Waals surface area contributed by atoms with Gasteiger partial charge in [-0.15, -0.1) is 0 Å². The molecular formula is C9H7F3N4. The number of hydrogen-bond donors (Lipinski definition) is 1. The summed E-state index contributed by atoms with van der Waals surface area (Å²) in [4.78, 5) is 3.75. The van der Waals surface area contributed by atoms with Crippen molar-refractivity contribution in [3.05, 3.63) is 41.7 Å². The van der Waals surface area contributed by atoms with Crippen LogP contribution in [-0.4, -0.2) is 14.8 Å². The van der Waals surface area contributed by atoms with Crippen LogP contribution in [0.5, 0.6) is 0 Å². The van der Waals surface area contributed by atoms with Gasteiger partial charge in [-0.3, -0.25) is 0 Å². The summed E-state index contributed by atoms with van der Waals surface area (Å²) in [6.07, 6.45) is 1.16. The average Bonchev–Trinajstić information content (AvgIpc) is 2.71. The molecule has 0 unspecified atom stereocenters. The maximum absolute atomic E-state index is 13.4. The van der Waals surface area contributed by atoms with Crippen molar-refractivity contribution in [1.82, 2.24) is 14.8 Å². The Labute approximate surface area is 88.5 Å². The van der Waals surface area contributed by atoms with E-state index in [0.29, 0.717) is 12.1 Å². The zero-order valence-corrected chi connectivity index (χ0v) is 7.99. The van der Waals surface area contributed by atoms with E-state index in [2.05, 4.69) is 10.1 Å². The van der Waals surface area contributed by atoms with Gasteiger partial charge in [0.2, 0.25) is 0 Å². The molecule has 0 aliphatic carbocycles. The molecule has 7 heteroatoms. The molecule has 16 heavy (non-hydrogen) atoms. The summed E-state index contributed by atoms with van der Waals surface area (Å²) < 4.78 is 40.1. The van der Waals surface area contributed by atoms with Crippen molar-refractivity contribution in [3.8, 4) is 5.69 Å². The molecule has 0 atom stereocenters. The maximum Gasteiger partial charge on any atom is 0.161 e. The third-order valence-electron chi connectivity index (χ3n) is 2.02. The molecule has 2 rings (SSSR count). The molecule has 0 saturated carbocycles. The molecule has 0 spiro atoms. The number of rotatable bonds is 2. The average molecular weight is 228 g/mol. The highest BCUT2D eigenvalue weighted by molar-refractivity contribution is 5.34. The summed E-state index contributed by atoms with van der Waals surface area (Å²) >= 11 is 0. The lowest BCUT2D eigenvalue weighted by molar-refractivity contribution is 0.490. The number of nitrogens with two attached hydrogens (primary N) is 1. The highest BCUT2D eigenvalue weighted by atomic mass is 19.2. The molecule has 84 valence electrons. The van der Waals surface area contributed by atoms with Crippen LogP contribution in [0.4, 0.5) is 13.2 Å². The fraction of sp³-hybridized carbons (Fsp3) is 0.111. The summed E-state index contributed by atoms with van der Waals surface area (Å²) in [5, 5.41) is 3.69. The van der Waals surface area contributed by atoms with Crippen molar-refractivity contribution in [1.29, 1.82) is 0 Å². The first-order valence-corrected chi connectivity index (χ1v) is 4.37. The predicted octanol–water partition coefficient (Wildman–Crippen LogP) is 1.14. The highest BCUT2D eigenvalue weighted by Crippen LogP contribution is 2.17. The van der Waals surface area contributed by atoms with Crippen molar-refractivity contribution < 1.29 is 13.2 Å². The van der Waals surface area contributed by atoms with Gasteiger partial charge in [-0.1, -0.05) is 0 Å². The Bertz CT molecular complexity index is 523. The van der Waals surface area contributed by atoms with E-state index in [1.807, 2.05) is 0 Å². The first kappa shape index (κ1) is 10.6. The maximum atomic E-state index is 13.4. The van der Waals surface area contributed by atoms with E-state index in [-0.39, 0.29) is 18.1 Å². The molecule has 1 heterocycles. The third-order valence-corrected chi connectivity index (χ3v) is 2.02. The molecule has 0 bridgehead atoms. The quantitative estimate of drug-likeness (QED) is 0.784. The van der Waals surface area contributed by atoms with E-state index < -0.39 is 17.5 Å². The van der Waals surface area contributed by atoms with Crippen LogP contribution in [0.15, 0.2) is 18.5 Å². The van der Waals surface area contributed by atoms with Crippen molar-refractivity contribution >= 4 is 0 Å². The van der Waals surface area contributed by atoms with Gasteiger partial charge in [-0.25, -0.2) is 22.8 Å². The molecule has 1 aromatic heterocycles. The Morgan fingerprint density at radius 3 is 2.50 bits per heavy atom. The second-order valence-electron chi connectivity index (χ2n) is 3.01. The predicted molar refractivity (Wildman–Crippen MR) is 49.1 cm³/mol. The van der Waals surface area contributed by atoms with Gasteiger partial charge in [0.05, 0.1) is 6.54 Å². The minimum absolute atomic E-state index is 0.0123. The Morgan fingerprint density at radius 2 is 1.81 bits per heavy atom. The van der Waals surface area contributed by atoms with Gasteiger partial charge in [0.25, 0.3) is 0 Å². The van der Waals surface area contributed by atoms with E-state index in [9.17, 15) is 13.2 Å². The smallest absolute Gasteiger partial charge is 0.161 e. The molecule has 0 aliphatic heterocycles. The highest BCUT2D eigenvalue weighted by Gasteiger charge is 2.14. The van der Waals surface area contributed by atoms with Crippen LogP contribution in [0.3, 0.4) is 0 Å². The van der Waals surface area contributed by atoms with E-state index in [0.717, 1.165) is 11.0 Å². The van der Waals surface area contributed by atoms with E-state index in [1.54, 1.807) is 0 Å². The number of halogens is 3. The van der Waals surface area contributed by atoms with Crippen molar-refractivity contribution in [2.45, 2.75) is 6.54 Å². The molecule has 0 radical (unpaired) electrons. The SMILES string of the molecule is NCc1ncnn1-c1cc(F)c(F)cc1F. The molecule has 0 saturated heterocycles. The summed E-state index contributed by atoms with van der Waals surface area (Å²) in [5.74, 6) is -3.09. The van der Waals surface area contributed by atoms with Crippen molar-refractivity contribution in [2.24, 2.45) is 5.73 Å². The van der Waals surface area contributed by atoms with Crippen molar-refractivity contribution in [2.75, 3.05) is 0 Å². The third kappa shape index (κ3) is 1.65. The Balaban J connectivity index is 2.60. The van der Waals surface area contributed by atoms with Gasteiger partial charge < -0.3 is 5.73 Å². The van der Waals surface area contributed by atoms with Gasteiger partial charge in [0.1, 0.15) is 17.8 Å². The van der Waals surface area contributed by atoms with Gasteiger partial charge >= 0.3 is 0 Å². The van der Waals surface area contributed by atoms with Crippen LogP contribution in [-0.2, 0) is 6.54 Å². The molecular weight excluding hydrogens is 221 g/mol. The van der Waals surface area contributed by atoms with Crippen LogP contribution in [0.25, 0.3) is 5.69 Å². The minimum atomic E-state index is -1.25. The Morgan fingerprint density at radius 1 is 1.12 bits per heavy atom. The fourth-order valence-corrected chi connectivity index (χ4v) is 1.28. The van der Waals surface area contributed by atoms with Crippen LogP contribution in [0.2, 0.25) is 0 Å². The zero-order chi connectivity index (χ0) is 11.7. The summed E-state index contributed by atoms with van der Waals surface area (Å²) in [7, 11) is 0. The molecule has 1 aromatic carbocycles. The van der Waals surface area contributed by atoms with Crippen LogP contribution in [0, 0.1) is 17.5 Å². The lowest BCUT2D eigenvalue weighted by atomic mass is 10.3. The number of aromatic nitrogens is 3. The summed E-state index contributed by atoms with van der Waals surface area (Å²) in [6, 6.07) is 1.16. The summed E-state index contributed by atoms with van der Waals surface area (Å²) in [5.41, 5.74) is 5.11. The van der Waals surface area contributed by atoms with Gasteiger partial charge in [-0.05, 0) is 0 Å². The molecule has 2 aromatic rings. The first-order valence-electron chi connectivity index (χ1n) is 4.37. The van der Waals surface area contributed by atoms with Crippen molar-refractivity contribution in [3.63, 3.8) is 0 Å². The Kier molecular flexibility index (Phi) is 2.61. The fourth-order valence-electron chi connectivity index (χ4n) is 1.28. The van der Waals surface area contributed by atoms with Crippen LogP contribution < -0.4 is 5.73 Å². The second kappa shape index (κ2) is 3.93. The van der Waals surface area contributed by atoms with Gasteiger partial charge in [0, 0.05) is 12.1 Å². The Hall–Kier alpha value is -1.89. The lowest BCUT2D eigenvalue weighted by Crippen LogP contribution is -2.10. The van der Waals surface area contributed by atoms with Crippen LogP contribution >= 0.6 is 0 Å². The summed E-state index contributed by atoms with van der Waals surface area (Å²) in [6.45, 7) is 0.0123. The topological polar surface area (TPSA) is 56.7 Å². The first-order chi connectivity index (χ1) is 7.63. The normalized spacial score (nSPS) is 10.8. The molecule has 0 aliphatic rings. The minimum Gasteiger partial charge on any atom is -0.324 e. The largest absolute Gasteiger partial charge is 0.324 e. The van der Waals surface area contributed by atoms with E-state index >= 15 is 0 Å². The number of nitrogens with zero attached hydrogens (tertiary/aromatic N) is 3. The van der Waals surface area contributed by atoms with E-state index in [1.165, 1.54) is 0 Å². The van der Waals surface area contributed by atoms with Gasteiger partial charge in [0.15, 0.2) is 17.5 Å². The number of hydrogen-bond acceptors (Lipinski definition) is 3. The molecule has 0 fully saturated rings. The second-order valence-corrected chi connectivity index (χ2v) is 3.01. The molecule has 0 amide bonds. The monoisotopic (exact) mass is 228 g/mol. The lowest BCUT2D eigenvalue weighted by Gasteiger charge is -2.06. The van der Waals surface area contributed by atoms with E-state index in [4.69, 9.17) is 5.73 Å². The molecule has 4 nitrogen and oxygen atoms in total. The standard InChI is InChI=1S/C9H7F3N4/c10-5-1-7(12)8(2-6(5)11)16-9(3-13)14-4-15-16/h1-2,4H,3,13H2. The number of benzene rings is 1. The van der Waals surface area contributed by atoms with Gasteiger partial charge in [-0.2, -0.15) is 5.10 Å². The molecule has 2 N–H and O–H groups in total. The van der Waals surface area contributed by atoms with Crippen LogP contribution in [0.1, 0.15) is 5.82 Å².